The van der Waals surface area contributed by atoms with Gasteiger partial charge in [-0.05, 0) is 55.0 Å². The zero-order valence-electron chi connectivity index (χ0n) is 14.8. The molecule has 1 amide bonds. The molecule has 0 aliphatic carbocycles. The van der Waals surface area contributed by atoms with Crippen molar-refractivity contribution >= 4 is 27.3 Å². The van der Waals surface area contributed by atoms with Gasteiger partial charge in [0.2, 0.25) is 15.9 Å². The van der Waals surface area contributed by atoms with Crippen molar-refractivity contribution in [2.45, 2.75) is 19.4 Å². The van der Waals surface area contributed by atoms with Gasteiger partial charge in [-0.2, -0.15) is 0 Å². The first-order valence-electron chi connectivity index (χ1n) is 7.96. The second-order valence-electron chi connectivity index (χ2n) is 5.68. The molecular formula is C18H21FN2O4S. The van der Waals surface area contributed by atoms with Crippen molar-refractivity contribution in [3.8, 4) is 5.75 Å². The van der Waals surface area contributed by atoms with Gasteiger partial charge in [0.05, 0.1) is 19.1 Å². The Hall–Kier alpha value is -2.61. The fourth-order valence-corrected chi connectivity index (χ4v) is 3.76. The summed E-state index contributed by atoms with van der Waals surface area (Å²) in [6, 6.07) is 10.7. The van der Waals surface area contributed by atoms with Gasteiger partial charge in [-0.3, -0.25) is 9.10 Å². The Labute approximate surface area is 152 Å². The molecular weight excluding hydrogens is 359 g/mol. The maximum atomic E-state index is 13.2. The summed E-state index contributed by atoms with van der Waals surface area (Å²) < 4.78 is 43.8. The van der Waals surface area contributed by atoms with Crippen molar-refractivity contribution in [3.05, 3.63) is 54.3 Å². The number of nitrogens with one attached hydrogen (secondary N) is 1. The number of sulfonamides is 1. The molecule has 0 unspecified atom stereocenters. The van der Waals surface area contributed by atoms with Crippen LogP contribution in [-0.2, 0) is 14.8 Å². The van der Waals surface area contributed by atoms with Gasteiger partial charge in [-0.25, -0.2) is 12.8 Å². The minimum Gasteiger partial charge on any atom is -0.497 e. The lowest BCUT2D eigenvalue weighted by Crippen LogP contribution is -2.47. The molecule has 1 atom stereocenters. The molecule has 0 aromatic heterocycles. The molecule has 140 valence electrons. The molecule has 26 heavy (non-hydrogen) atoms. The van der Waals surface area contributed by atoms with E-state index in [4.69, 9.17) is 4.74 Å². The van der Waals surface area contributed by atoms with E-state index >= 15 is 0 Å². The molecule has 0 fully saturated rings. The van der Waals surface area contributed by atoms with E-state index in [-0.39, 0.29) is 12.1 Å². The average Bonchev–Trinajstić information content (AvgIpc) is 2.60. The van der Waals surface area contributed by atoms with Gasteiger partial charge in [-0.1, -0.05) is 6.92 Å². The van der Waals surface area contributed by atoms with Crippen molar-refractivity contribution in [1.82, 2.24) is 0 Å². The predicted molar refractivity (Wildman–Crippen MR) is 99.4 cm³/mol. The molecule has 6 nitrogen and oxygen atoms in total. The number of ether oxygens (including phenoxy) is 1. The van der Waals surface area contributed by atoms with Crippen LogP contribution in [0.15, 0.2) is 48.5 Å². The lowest BCUT2D eigenvalue weighted by Gasteiger charge is -2.30. The largest absolute Gasteiger partial charge is 0.497 e. The van der Waals surface area contributed by atoms with Crippen LogP contribution < -0.4 is 14.4 Å². The number of carbonyl (C=O) groups excluding carboxylic acids is 1. The first kappa shape index (κ1) is 19.7. The Morgan fingerprint density at radius 2 is 1.73 bits per heavy atom. The van der Waals surface area contributed by atoms with Crippen LogP contribution in [0.4, 0.5) is 15.8 Å². The third-order valence-corrected chi connectivity index (χ3v) is 4.95. The second kappa shape index (κ2) is 8.18. The van der Waals surface area contributed by atoms with Crippen LogP contribution in [0, 0.1) is 5.82 Å². The summed E-state index contributed by atoms with van der Waals surface area (Å²) in [5, 5.41) is 2.70. The van der Waals surface area contributed by atoms with Crippen LogP contribution in [0.25, 0.3) is 0 Å². The molecule has 2 aromatic rings. The van der Waals surface area contributed by atoms with Crippen molar-refractivity contribution < 1.29 is 22.3 Å². The maximum Gasteiger partial charge on any atom is 0.248 e. The SMILES string of the molecule is CC[C@@H](C(=O)Nc1ccc(OC)cc1)N(c1ccc(F)cc1)S(C)(=O)=O. The molecule has 0 radical (unpaired) electrons. The van der Waals surface area contributed by atoms with E-state index in [9.17, 15) is 17.6 Å². The number of rotatable bonds is 7. The highest BCUT2D eigenvalue weighted by Gasteiger charge is 2.31. The number of hydrogen-bond acceptors (Lipinski definition) is 4. The maximum absolute atomic E-state index is 13.2. The minimum atomic E-state index is -3.76. The van der Waals surface area contributed by atoms with Crippen molar-refractivity contribution in [2.75, 3.05) is 23.0 Å². The quantitative estimate of drug-likeness (QED) is 0.801. The van der Waals surface area contributed by atoms with Gasteiger partial charge < -0.3 is 10.1 Å². The third kappa shape index (κ3) is 4.72. The lowest BCUT2D eigenvalue weighted by molar-refractivity contribution is -0.117. The average molecular weight is 380 g/mol. The topological polar surface area (TPSA) is 75.7 Å². The zero-order chi connectivity index (χ0) is 19.3. The Morgan fingerprint density at radius 1 is 1.15 bits per heavy atom. The number of methoxy groups -OCH3 is 1. The number of nitrogens with zero attached hydrogens (tertiary/aromatic N) is 1. The molecule has 0 spiro atoms. The molecule has 8 heteroatoms. The molecule has 0 bridgehead atoms. The molecule has 2 rings (SSSR count). The highest BCUT2D eigenvalue weighted by molar-refractivity contribution is 7.92. The summed E-state index contributed by atoms with van der Waals surface area (Å²) >= 11 is 0. The van der Waals surface area contributed by atoms with E-state index in [0.29, 0.717) is 11.4 Å². The van der Waals surface area contributed by atoms with E-state index < -0.39 is 27.8 Å². The Kier molecular flexibility index (Phi) is 6.20. The molecule has 2 aromatic carbocycles. The summed E-state index contributed by atoms with van der Waals surface area (Å²) in [7, 11) is -2.22. The number of anilines is 2. The standard InChI is InChI=1S/C18H21FN2O4S/c1-4-17(18(22)20-14-7-11-16(25-2)12-8-14)21(26(3,23)24)15-9-5-13(19)6-10-15/h5-12,17H,4H2,1-3H3,(H,20,22)/t17-/m0/s1. The van der Waals surface area contributed by atoms with E-state index in [2.05, 4.69) is 5.32 Å². The monoisotopic (exact) mass is 380 g/mol. The zero-order valence-corrected chi connectivity index (χ0v) is 15.6. The highest BCUT2D eigenvalue weighted by atomic mass is 32.2. The van der Waals surface area contributed by atoms with Gasteiger partial charge in [0.25, 0.3) is 0 Å². The summed E-state index contributed by atoms with van der Waals surface area (Å²) in [4.78, 5) is 12.7. The van der Waals surface area contributed by atoms with Crippen LogP contribution in [0.1, 0.15) is 13.3 Å². The summed E-state index contributed by atoms with van der Waals surface area (Å²) in [6.07, 6.45) is 1.26. The molecule has 0 heterocycles. The number of hydrogen-bond donors (Lipinski definition) is 1. The predicted octanol–water partition coefficient (Wildman–Crippen LogP) is 3.02. The van der Waals surface area contributed by atoms with Crippen molar-refractivity contribution in [2.24, 2.45) is 0 Å². The fraction of sp³-hybridized carbons (Fsp3) is 0.278. The van der Waals surface area contributed by atoms with E-state index in [0.717, 1.165) is 22.7 Å². The molecule has 0 saturated heterocycles. The normalized spacial score (nSPS) is 12.3. The van der Waals surface area contributed by atoms with E-state index in [1.165, 1.54) is 19.2 Å². The summed E-state index contributed by atoms with van der Waals surface area (Å²) in [5.41, 5.74) is 0.743. The van der Waals surface area contributed by atoms with Gasteiger partial charge in [-0.15, -0.1) is 0 Å². The Balaban J connectivity index is 2.31. The fourth-order valence-electron chi connectivity index (χ4n) is 2.55. The van der Waals surface area contributed by atoms with Crippen molar-refractivity contribution in [3.63, 3.8) is 0 Å². The van der Waals surface area contributed by atoms with Crippen LogP contribution in [0.3, 0.4) is 0 Å². The third-order valence-electron chi connectivity index (χ3n) is 3.77. The Morgan fingerprint density at radius 3 is 2.19 bits per heavy atom. The summed E-state index contributed by atoms with van der Waals surface area (Å²) in [5.74, 6) is -0.329. The van der Waals surface area contributed by atoms with Gasteiger partial charge in [0.15, 0.2) is 0 Å². The highest BCUT2D eigenvalue weighted by Crippen LogP contribution is 2.24. The van der Waals surface area contributed by atoms with Crippen LogP contribution in [0.2, 0.25) is 0 Å². The molecule has 0 saturated carbocycles. The van der Waals surface area contributed by atoms with Gasteiger partial charge in [0.1, 0.15) is 17.6 Å². The van der Waals surface area contributed by atoms with Crippen LogP contribution in [0.5, 0.6) is 5.75 Å². The number of amides is 1. The number of benzene rings is 2. The number of carbonyl (C=O) groups is 1. The van der Waals surface area contributed by atoms with Crippen LogP contribution in [-0.4, -0.2) is 33.7 Å². The molecule has 0 aliphatic rings. The molecule has 0 aliphatic heterocycles. The van der Waals surface area contributed by atoms with Crippen LogP contribution >= 0.6 is 0 Å². The summed E-state index contributed by atoms with van der Waals surface area (Å²) in [6.45, 7) is 1.71. The van der Waals surface area contributed by atoms with Gasteiger partial charge in [0, 0.05) is 5.69 Å². The lowest BCUT2D eigenvalue weighted by atomic mass is 10.1. The second-order valence-corrected chi connectivity index (χ2v) is 7.54. The minimum absolute atomic E-state index is 0.227. The first-order chi connectivity index (χ1) is 12.3. The van der Waals surface area contributed by atoms with E-state index in [1.54, 1.807) is 31.2 Å². The number of halogens is 1. The van der Waals surface area contributed by atoms with Gasteiger partial charge >= 0.3 is 0 Å². The van der Waals surface area contributed by atoms with E-state index in [1.807, 2.05) is 0 Å². The Bertz CT molecular complexity index is 852. The van der Waals surface area contributed by atoms with Crippen molar-refractivity contribution in [1.29, 1.82) is 0 Å². The first-order valence-corrected chi connectivity index (χ1v) is 9.81. The molecule has 1 N–H and O–H groups in total. The smallest absolute Gasteiger partial charge is 0.248 e.